The number of primary amides is 1. The molecular weight excluding hydrogens is 304 g/mol. The number of benzene rings is 1. The molecule has 6 heteroatoms. The van der Waals surface area contributed by atoms with Crippen molar-refractivity contribution in [3.63, 3.8) is 0 Å². The molecule has 0 bridgehead atoms. The molecule has 1 amide bonds. The van der Waals surface area contributed by atoms with Gasteiger partial charge in [0.25, 0.3) is 0 Å². The maximum absolute atomic E-state index is 11.1. The third-order valence-electron chi connectivity index (χ3n) is 4.73. The van der Waals surface area contributed by atoms with Gasteiger partial charge in [-0.2, -0.15) is 5.10 Å². The van der Waals surface area contributed by atoms with Gasteiger partial charge in [-0.1, -0.05) is 12.1 Å². The van der Waals surface area contributed by atoms with Crippen molar-refractivity contribution in [1.82, 2.24) is 14.7 Å². The number of nitrogens with two attached hydrogens (primary N) is 1. The number of nitrogens with zero attached hydrogens (tertiary/aromatic N) is 3. The second-order valence-electron chi connectivity index (χ2n) is 6.53. The van der Waals surface area contributed by atoms with Gasteiger partial charge in [-0.3, -0.25) is 14.4 Å². The molecule has 2 unspecified atom stereocenters. The number of aryl methyl sites for hydroxylation is 1. The number of rotatable bonds is 6. The van der Waals surface area contributed by atoms with E-state index in [1.54, 1.807) is 23.0 Å². The van der Waals surface area contributed by atoms with Gasteiger partial charge in [0.2, 0.25) is 5.91 Å². The van der Waals surface area contributed by atoms with Gasteiger partial charge in [-0.25, -0.2) is 0 Å². The number of hydrogen-bond donors (Lipinski definition) is 2. The number of hydrogen-bond acceptors (Lipinski definition) is 4. The highest BCUT2D eigenvalue weighted by Gasteiger charge is 2.27. The normalized spacial score (nSPS) is 19.5. The molecule has 0 aliphatic carbocycles. The van der Waals surface area contributed by atoms with E-state index < -0.39 is 12.0 Å². The lowest BCUT2D eigenvalue weighted by atomic mass is 10.0. The molecule has 0 radical (unpaired) electrons. The van der Waals surface area contributed by atoms with Crippen LogP contribution in [-0.4, -0.2) is 38.3 Å². The van der Waals surface area contributed by atoms with Crippen LogP contribution in [0.25, 0.3) is 0 Å². The fraction of sp³-hybridized carbons (Fsp3) is 0.444. The smallest absolute Gasteiger partial charge is 0.248 e. The van der Waals surface area contributed by atoms with E-state index in [0.29, 0.717) is 18.0 Å². The van der Waals surface area contributed by atoms with Gasteiger partial charge in [-0.15, -0.1) is 0 Å². The molecule has 128 valence electrons. The van der Waals surface area contributed by atoms with Crippen molar-refractivity contribution in [2.45, 2.75) is 38.0 Å². The van der Waals surface area contributed by atoms with Crippen molar-refractivity contribution in [1.29, 1.82) is 0 Å². The van der Waals surface area contributed by atoms with Crippen molar-refractivity contribution >= 4 is 5.91 Å². The fourth-order valence-electron chi connectivity index (χ4n) is 3.39. The van der Waals surface area contributed by atoms with Crippen molar-refractivity contribution in [3.8, 4) is 0 Å². The molecule has 1 saturated heterocycles. The van der Waals surface area contributed by atoms with E-state index in [1.807, 2.05) is 25.4 Å². The second-order valence-corrected chi connectivity index (χ2v) is 6.53. The quantitative estimate of drug-likeness (QED) is 0.844. The minimum atomic E-state index is -0.485. The third kappa shape index (κ3) is 3.83. The van der Waals surface area contributed by atoms with Gasteiger partial charge in [0, 0.05) is 37.0 Å². The van der Waals surface area contributed by atoms with E-state index in [4.69, 9.17) is 5.73 Å². The summed E-state index contributed by atoms with van der Waals surface area (Å²) >= 11 is 0. The number of likely N-dealkylation sites (tertiary alicyclic amines) is 1. The Morgan fingerprint density at radius 3 is 2.79 bits per heavy atom. The van der Waals surface area contributed by atoms with Crippen LogP contribution in [0.15, 0.2) is 36.7 Å². The van der Waals surface area contributed by atoms with Crippen LogP contribution in [0.4, 0.5) is 0 Å². The Labute approximate surface area is 141 Å². The number of carbonyl (C=O) groups is 1. The van der Waals surface area contributed by atoms with Gasteiger partial charge in [0.15, 0.2) is 0 Å². The number of aromatic nitrogens is 2. The lowest BCUT2D eigenvalue weighted by Gasteiger charge is -2.26. The molecular formula is C18H24N4O2. The SMILES string of the molecule is Cn1cc(C(O)CC2CCCN2Cc2ccc(C(N)=O)cc2)cn1. The predicted octanol–water partition coefficient (Wildman–Crippen LogP) is 1.61. The number of aliphatic hydroxyl groups excluding tert-OH is 1. The molecule has 1 aliphatic heterocycles. The second kappa shape index (κ2) is 7.15. The molecule has 1 aromatic carbocycles. The number of amides is 1. The standard InChI is InChI=1S/C18H24N4O2/c1-21-12-15(10-20-21)17(23)9-16-3-2-8-22(16)11-13-4-6-14(7-5-13)18(19)24/h4-7,10,12,16-17,23H,2-3,8-9,11H2,1H3,(H2,19,24). The van der Waals surface area contributed by atoms with E-state index in [1.165, 1.54) is 0 Å². The summed E-state index contributed by atoms with van der Waals surface area (Å²) in [5.41, 5.74) is 7.83. The average Bonchev–Trinajstić information content (AvgIpc) is 3.17. The molecule has 2 aromatic rings. The molecule has 6 nitrogen and oxygen atoms in total. The van der Waals surface area contributed by atoms with E-state index in [0.717, 1.165) is 37.1 Å². The number of carbonyl (C=O) groups excluding carboxylic acids is 1. The molecule has 1 aliphatic rings. The monoisotopic (exact) mass is 328 g/mol. The summed E-state index contributed by atoms with van der Waals surface area (Å²) in [6.45, 7) is 1.85. The average molecular weight is 328 g/mol. The lowest BCUT2D eigenvalue weighted by Crippen LogP contribution is -2.30. The zero-order valence-electron chi connectivity index (χ0n) is 13.9. The van der Waals surface area contributed by atoms with E-state index in [2.05, 4.69) is 10.00 Å². The van der Waals surface area contributed by atoms with Gasteiger partial charge in [0.05, 0.1) is 12.3 Å². The van der Waals surface area contributed by atoms with Crippen LogP contribution < -0.4 is 5.73 Å². The molecule has 0 saturated carbocycles. The molecule has 0 spiro atoms. The van der Waals surface area contributed by atoms with Crippen LogP contribution in [-0.2, 0) is 13.6 Å². The first kappa shape index (κ1) is 16.7. The fourth-order valence-corrected chi connectivity index (χ4v) is 3.39. The summed E-state index contributed by atoms with van der Waals surface area (Å²) in [5.74, 6) is -0.403. The molecule has 3 rings (SSSR count). The summed E-state index contributed by atoms with van der Waals surface area (Å²) in [6, 6.07) is 7.80. The highest BCUT2D eigenvalue weighted by Crippen LogP contribution is 2.28. The van der Waals surface area contributed by atoms with Gasteiger partial charge in [-0.05, 0) is 43.5 Å². The maximum Gasteiger partial charge on any atom is 0.248 e. The van der Waals surface area contributed by atoms with Gasteiger partial charge in [0.1, 0.15) is 0 Å². The summed E-state index contributed by atoms with van der Waals surface area (Å²) in [5, 5.41) is 14.6. The molecule has 1 aromatic heterocycles. The van der Waals surface area contributed by atoms with Gasteiger partial charge >= 0.3 is 0 Å². The van der Waals surface area contributed by atoms with E-state index >= 15 is 0 Å². The molecule has 2 atom stereocenters. The Morgan fingerprint density at radius 2 is 2.17 bits per heavy atom. The summed E-state index contributed by atoms with van der Waals surface area (Å²) in [4.78, 5) is 13.5. The minimum Gasteiger partial charge on any atom is -0.388 e. The van der Waals surface area contributed by atoms with E-state index in [9.17, 15) is 9.90 Å². The van der Waals surface area contributed by atoms with Crippen LogP contribution in [0.5, 0.6) is 0 Å². The zero-order valence-corrected chi connectivity index (χ0v) is 13.9. The Balaban J connectivity index is 1.61. The van der Waals surface area contributed by atoms with Crippen LogP contribution in [0, 0.1) is 0 Å². The maximum atomic E-state index is 11.1. The lowest BCUT2D eigenvalue weighted by molar-refractivity contribution is 0.1000. The van der Waals surface area contributed by atoms with Crippen molar-refractivity contribution in [3.05, 3.63) is 53.3 Å². The first-order valence-electron chi connectivity index (χ1n) is 8.32. The Morgan fingerprint density at radius 1 is 1.42 bits per heavy atom. The molecule has 3 N–H and O–H groups in total. The first-order valence-corrected chi connectivity index (χ1v) is 8.32. The molecule has 24 heavy (non-hydrogen) atoms. The van der Waals surface area contributed by atoms with Crippen LogP contribution in [0.2, 0.25) is 0 Å². The highest BCUT2D eigenvalue weighted by molar-refractivity contribution is 5.92. The Bertz CT molecular complexity index is 695. The zero-order chi connectivity index (χ0) is 17.1. The van der Waals surface area contributed by atoms with Crippen LogP contribution in [0.1, 0.15) is 46.9 Å². The van der Waals surface area contributed by atoms with Crippen LogP contribution in [0.3, 0.4) is 0 Å². The van der Waals surface area contributed by atoms with Crippen molar-refractivity contribution in [2.24, 2.45) is 12.8 Å². The summed E-state index contributed by atoms with van der Waals surface area (Å²) < 4.78 is 1.71. The summed E-state index contributed by atoms with van der Waals surface area (Å²) in [7, 11) is 1.85. The van der Waals surface area contributed by atoms with E-state index in [-0.39, 0.29) is 0 Å². The molecule has 2 heterocycles. The molecule has 1 fully saturated rings. The minimum absolute atomic E-state index is 0.357. The topological polar surface area (TPSA) is 84.4 Å². The van der Waals surface area contributed by atoms with Crippen molar-refractivity contribution < 1.29 is 9.90 Å². The predicted molar refractivity (Wildman–Crippen MR) is 91.2 cm³/mol. The first-order chi connectivity index (χ1) is 11.5. The summed E-state index contributed by atoms with van der Waals surface area (Å²) in [6.07, 6.45) is 6.06. The third-order valence-corrected chi connectivity index (χ3v) is 4.73. The Kier molecular flexibility index (Phi) is 4.97. The largest absolute Gasteiger partial charge is 0.388 e. The van der Waals surface area contributed by atoms with Gasteiger partial charge < -0.3 is 10.8 Å². The van der Waals surface area contributed by atoms with Crippen molar-refractivity contribution in [2.75, 3.05) is 6.54 Å². The Hall–Kier alpha value is -2.18. The van der Waals surface area contributed by atoms with Crippen LogP contribution >= 0.6 is 0 Å². The number of aliphatic hydroxyl groups is 1. The highest BCUT2D eigenvalue weighted by atomic mass is 16.3.